The van der Waals surface area contributed by atoms with Crippen molar-refractivity contribution < 1.29 is 4.79 Å². The molecule has 0 saturated carbocycles. The zero-order valence-corrected chi connectivity index (χ0v) is 9.19. The molecule has 1 aromatic rings. The zero-order chi connectivity index (χ0) is 12.1. The molecule has 0 unspecified atom stereocenters. The highest BCUT2D eigenvalue weighted by atomic mass is 16.1. The van der Waals surface area contributed by atoms with Crippen molar-refractivity contribution >= 4 is 11.7 Å². The molecule has 0 spiro atoms. The smallest absolute Gasteiger partial charge is 0.271 e. The first-order valence-electron chi connectivity index (χ1n) is 4.85. The van der Waals surface area contributed by atoms with Crippen molar-refractivity contribution in [3.63, 3.8) is 0 Å². The van der Waals surface area contributed by atoms with Crippen molar-refractivity contribution in [3.05, 3.63) is 17.6 Å². The minimum absolute atomic E-state index is 0.0552. The Morgan fingerprint density at radius 2 is 2.38 bits per heavy atom. The van der Waals surface area contributed by atoms with E-state index >= 15 is 0 Å². The molecule has 1 heterocycles. The Balaban J connectivity index is 3.02. The van der Waals surface area contributed by atoms with Crippen LogP contribution in [0.3, 0.4) is 0 Å². The van der Waals surface area contributed by atoms with E-state index in [1.807, 2.05) is 19.9 Å². The lowest BCUT2D eigenvalue weighted by Crippen LogP contribution is -2.19. The molecule has 0 aliphatic carbocycles. The highest BCUT2D eigenvalue weighted by Gasteiger charge is 2.12. The number of anilines is 1. The number of aromatic nitrogens is 2. The summed E-state index contributed by atoms with van der Waals surface area (Å²) in [7, 11) is 0. The highest BCUT2D eigenvalue weighted by molar-refractivity contribution is 5.95. The monoisotopic (exact) mass is 219 g/mol. The lowest BCUT2D eigenvalue weighted by molar-refractivity contribution is 0.0996. The highest BCUT2D eigenvalue weighted by Crippen LogP contribution is 2.10. The van der Waals surface area contributed by atoms with E-state index in [-0.39, 0.29) is 17.2 Å². The van der Waals surface area contributed by atoms with Gasteiger partial charge >= 0.3 is 0 Å². The molecule has 0 bridgehead atoms. The van der Waals surface area contributed by atoms with Gasteiger partial charge in [-0.1, -0.05) is 13.8 Å². The SMILES string of the molecule is CC(C)CNc1nc(C#N)cnc1C(N)=O. The van der Waals surface area contributed by atoms with E-state index < -0.39 is 5.91 Å². The number of rotatable bonds is 4. The summed E-state index contributed by atoms with van der Waals surface area (Å²) in [6.07, 6.45) is 1.22. The lowest BCUT2D eigenvalue weighted by Gasteiger charge is -2.10. The Labute approximate surface area is 93.5 Å². The van der Waals surface area contributed by atoms with E-state index in [0.717, 1.165) is 0 Å². The topological polar surface area (TPSA) is 105 Å². The fourth-order valence-electron chi connectivity index (χ4n) is 1.05. The van der Waals surface area contributed by atoms with E-state index in [2.05, 4.69) is 15.3 Å². The number of amides is 1. The van der Waals surface area contributed by atoms with Crippen molar-refractivity contribution in [2.75, 3.05) is 11.9 Å². The van der Waals surface area contributed by atoms with Gasteiger partial charge in [0.15, 0.2) is 17.2 Å². The van der Waals surface area contributed by atoms with E-state index in [0.29, 0.717) is 12.5 Å². The molecule has 0 fully saturated rings. The first-order valence-corrected chi connectivity index (χ1v) is 4.85. The van der Waals surface area contributed by atoms with Gasteiger partial charge in [0, 0.05) is 6.54 Å². The summed E-state index contributed by atoms with van der Waals surface area (Å²) < 4.78 is 0. The summed E-state index contributed by atoms with van der Waals surface area (Å²) in [4.78, 5) is 18.8. The zero-order valence-electron chi connectivity index (χ0n) is 9.19. The van der Waals surface area contributed by atoms with Gasteiger partial charge in [0.1, 0.15) is 6.07 Å². The molecule has 1 aromatic heterocycles. The molecular weight excluding hydrogens is 206 g/mol. The Morgan fingerprint density at radius 3 is 2.88 bits per heavy atom. The van der Waals surface area contributed by atoms with Gasteiger partial charge in [-0.2, -0.15) is 5.26 Å². The Morgan fingerprint density at radius 1 is 1.69 bits per heavy atom. The van der Waals surface area contributed by atoms with Gasteiger partial charge in [-0.3, -0.25) is 4.79 Å². The van der Waals surface area contributed by atoms with Crippen LogP contribution in [0, 0.1) is 17.2 Å². The minimum atomic E-state index is -0.664. The van der Waals surface area contributed by atoms with Gasteiger partial charge < -0.3 is 11.1 Å². The third-order valence-corrected chi connectivity index (χ3v) is 1.80. The fourth-order valence-corrected chi connectivity index (χ4v) is 1.05. The summed E-state index contributed by atoms with van der Waals surface area (Å²) in [5.41, 5.74) is 5.35. The average molecular weight is 219 g/mol. The molecule has 1 amide bonds. The molecule has 6 heteroatoms. The molecule has 0 radical (unpaired) electrons. The van der Waals surface area contributed by atoms with Crippen LogP contribution in [0.1, 0.15) is 30.0 Å². The van der Waals surface area contributed by atoms with E-state index in [4.69, 9.17) is 11.0 Å². The van der Waals surface area contributed by atoms with Crippen LogP contribution >= 0.6 is 0 Å². The molecule has 3 N–H and O–H groups in total. The maximum atomic E-state index is 11.1. The number of nitrogens with one attached hydrogen (secondary N) is 1. The van der Waals surface area contributed by atoms with Crippen LogP contribution in [0.25, 0.3) is 0 Å². The van der Waals surface area contributed by atoms with Gasteiger partial charge in [0.25, 0.3) is 5.91 Å². The second-order valence-corrected chi connectivity index (χ2v) is 3.70. The third kappa shape index (κ3) is 2.92. The molecule has 16 heavy (non-hydrogen) atoms. The average Bonchev–Trinajstić information content (AvgIpc) is 2.25. The van der Waals surface area contributed by atoms with Crippen LogP contribution in [0.2, 0.25) is 0 Å². The van der Waals surface area contributed by atoms with Gasteiger partial charge in [0.05, 0.1) is 6.20 Å². The van der Waals surface area contributed by atoms with Crippen molar-refractivity contribution in [3.8, 4) is 6.07 Å². The maximum Gasteiger partial charge on any atom is 0.271 e. The van der Waals surface area contributed by atoms with Crippen LogP contribution in [0.15, 0.2) is 6.20 Å². The first kappa shape index (κ1) is 11.9. The molecule has 0 atom stereocenters. The van der Waals surface area contributed by atoms with Crippen LogP contribution < -0.4 is 11.1 Å². The van der Waals surface area contributed by atoms with Crippen LogP contribution in [-0.4, -0.2) is 22.4 Å². The number of primary amides is 1. The van der Waals surface area contributed by atoms with E-state index in [1.165, 1.54) is 6.20 Å². The summed E-state index contributed by atoms with van der Waals surface area (Å²) in [5.74, 6) is -0.0169. The summed E-state index contributed by atoms with van der Waals surface area (Å²) in [5, 5.41) is 11.6. The summed E-state index contributed by atoms with van der Waals surface area (Å²) in [6.45, 7) is 4.65. The van der Waals surface area contributed by atoms with Crippen molar-refractivity contribution in [2.24, 2.45) is 11.7 Å². The molecule has 0 aromatic carbocycles. The van der Waals surface area contributed by atoms with E-state index in [1.54, 1.807) is 0 Å². The second kappa shape index (κ2) is 5.07. The minimum Gasteiger partial charge on any atom is -0.368 e. The number of carbonyl (C=O) groups excluding carboxylic acids is 1. The Kier molecular flexibility index (Phi) is 3.78. The van der Waals surface area contributed by atoms with Gasteiger partial charge in [0.2, 0.25) is 0 Å². The van der Waals surface area contributed by atoms with Crippen LogP contribution in [-0.2, 0) is 0 Å². The predicted octanol–water partition coefficient (Wildman–Crippen LogP) is 0.515. The largest absolute Gasteiger partial charge is 0.368 e. The van der Waals surface area contributed by atoms with Gasteiger partial charge in [-0.05, 0) is 5.92 Å². The number of carbonyl (C=O) groups is 1. The van der Waals surface area contributed by atoms with E-state index in [9.17, 15) is 4.79 Å². The Bertz CT molecular complexity index is 435. The molecular formula is C10H13N5O. The normalized spacial score (nSPS) is 9.88. The second-order valence-electron chi connectivity index (χ2n) is 3.70. The summed E-state index contributed by atoms with van der Waals surface area (Å²) in [6, 6.07) is 1.86. The van der Waals surface area contributed by atoms with Crippen LogP contribution in [0.5, 0.6) is 0 Å². The van der Waals surface area contributed by atoms with Gasteiger partial charge in [-0.15, -0.1) is 0 Å². The van der Waals surface area contributed by atoms with Crippen molar-refractivity contribution in [1.29, 1.82) is 5.26 Å². The number of hydrogen-bond acceptors (Lipinski definition) is 5. The van der Waals surface area contributed by atoms with Crippen LogP contribution in [0.4, 0.5) is 5.82 Å². The Hall–Kier alpha value is -2.16. The molecule has 1 rings (SSSR count). The fraction of sp³-hybridized carbons (Fsp3) is 0.400. The number of nitrogens with two attached hydrogens (primary N) is 1. The van der Waals surface area contributed by atoms with Crippen molar-refractivity contribution in [2.45, 2.75) is 13.8 Å². The third-order valence-electron chi connectivity index (χ3n) is 1.80. The molecule has 0 aliphatic heterocycles. The molecule has 0 aliphatic rings. The maximum absolute atomic E-state index is 11.1. The quantitative estimate of drug-likeness (QED) is 0.767. The van der Waals surface area contributed by atoms with Gasteiger partial charge in [-0.25, -0.2) is 9.97 Å². The number of hydrogen-bond donors (Lipinski definition) is 2. The molecule has 0 saturated heterocycles. The number of nitriles is 1. The number of nitrogens with zero attached hydrogens (tertiary/aromatic N) is 3. The first-order chi connectivity index (χ1) is 7.54. The van der Waals surface area contributed by atoms with Crippen molar-refractivity contribution in [1.82, 2.24) is 9.97 Å². The standard InChI is InChI=1S/C10H13N5O/c1-6(2)4-14-10-8(9(12)16)13-5-7(3-11)15-10/h5-6H,4H2,1-2H3,(H2,12,16)(H,14,15). The molecule has 84 valence electrons. The summed E-state index contributed by atoms with van der Waals surface area (Å²) >= 11 is 0. The predicted molar refractivity (Wildman–Crippen MR) is 58.6 cm³/mol. The molecule has 6 nitrogen and oxygen atoms in total. The lowest BCUT2D eigenvalue weighted by atomic mass is 10.2.